The van der Waals surface area contributed by atoms with E-state index >= 15 is 0 Å². The Morgan fingerprint density at radius 2 is 1.19 bits per heavy atom. The number of anilines is 1. The summed E-state index contributed by atoms with van der Waals surface area (Å²) in [5, 5.41) is 27.8. The van der Waals surface area contributed by atoms with Gasteiger partial charge in [0.2, 0.25) is 0 Å². The molecule has 8 rings (SSSR count). The van der Waals surface area contributed by atoms with Crippen LogP contribution in [0.4, 0.5) is 17.2 Å². The Morgan fingerprint density at radius 3 is 1.76 bits per heavy atom. The van der Waals surface area contributed by atoms with Gasteiger partial charge < -0.3 is 19.7 Å². The summed E-state index contributed by atoms with van der Waals surface area (Å²) in [6, 6.07) is 33.7. The fraction of sp³-hybridized carbons (Fsp3) is 0.273. The molecule has 2 fully saturated rings. The zero-order valence-corrected chi connectivity index (χ0v) is 33.2. The SMILES string of the molecule is CCOC(=O)[C@@H]1C[C@@H](c2ccccc2)CN1.CCOC(=O)[C@@H]1C[C@@H](c2ccccc2)CN1c1ncc([N+](=O)[O-])c2ccccc12.O=[N+]([O-])c1cnc(Cl)c2ccccc12. The van der Waals surface area contributed by atoms with Gasteiger partial charge in [-0.25, -0.2) is 14.8 Å². The van der Waals surface area contributed by atoms with Crippen LogP contribution < -0.4 is 10.2 Å². The van der Waals surface area contributed by atoms with Crippen molar-refractivity contribution in [2.75, 3.05) is 31.2 Å². The predicted molar refractivity (Wildman–Crippen MR) is 226 cm³/mol. The highest BCUT2D eigenvalue weighted by Crippen LogP contribution is 2.39. The number of hydrogen-bond donors (Lipinski definition) is 1. The molecule has 15 heteroatoms. The Labute approximate surface area is 345 Å². The summed E-state index contributed by atoms with van der Waals surface area (Å²) >= 11 is 5.80. The molecule has 4 heterocycles. The van der Waals surface area contributed by atoms with Gasteiger partial charge in [-0.1, -0.05) is 109 Å². The molecule has 0 aliphatic carbocycles. The van der Waals surface area contributed by atoms with E-state index in [0.717, 1.165) is 18.5 Å². The number of esters is 2. The zero-order chi connectivity index (χ0) is 41.9. The van der Waals surface area contributed by atoms with Crippen molar-refractivity contribution in [3.63, 3.8) is 0 Å². The van der Waals surface area contributed by atoms with Gasteiger partial charge in [0.25, 0.3) is 11.4 Å². The fourth-order valence-corrected chi connectivity index (χ4v) is 7.68. The molecule has 2 aliphatic rings. The molecule has 1 N–H and O–H groups in total. The van der Waals surface area contributed by atoms with Crippen molar-refractivity contribution in [1.82, 2.24) is 15.3 Å². The van der Waals surface area contributed by atoms with E-state index in [1.165, 1.54) is 18.0 Å². The van der Waals surface area contributed by atoms with Crippen LogP contribution in [0.25, 0.3) is 21.5 Å². The molecule has 4 atom stereocenters. The molecule has 0 spiro atoms. The van der Waals surface area contributed by atoms with E-state index in [1.54, 1.807) is 43.3 Å². The predicted octanol–water partition coefficient (Wildman–Crippen LogP) is 8.56. The number of rotatable bonds is 9. The molecule has 2 aromatic heterocycles. The molecule has 14 nitrogen and oxygen atoms in total. The molecular formula is C44H43ClN6O8. The summed E-state index contributed by atoms with van der Waals surface area (Å²) < 4.78 is 10.3. The zero-order valence-electron chi connectivity index (χ0n) is 32.5. The molecule has 4 aromatic carbocycles. The van der Waals surface area contributed by atoms with E-state index in [1.807, 2.05) is 60.4 Å². The lowest BCUT2D eigenvalue weighted by Gasteiger charge is -2.25. The Balaban J connectivity index is 0.000000164. The lowest BCUT2D eigenvalue weighted by atomic mass is 9.96. The summed E-state index contributed by atoms with van der Waals surface area (Å²) in [6.07, 6.45) is 3.89. The van der Waals surface area contributed by atoms with Crippen molar-refractivity contribution < 1.29 is 28.9 Å². The van der Waals surface area contributed by atoms with Crippen molar-refractivity contribution in [3.8, 4) is 0 Å². The molecule has 0 unspecified atom stereocenters. The molecule has 0 bridgehead atoms. The third-order valence-corrected chi connectivity index (χ3v) is 10.5. The monoisotopic (exact) mass is 818 g/mol. The van der Waals surface area contributed by atoms with Gasteiger partial charge in [-0.15, -0.1) is 0 Å². The highest BCUT2D eigenvalue weighted by Gasteiger charge is 2.40. The summed E-state index contributed by atoms with van der Waals surface area (Å²) in [5.41, 5.74) is 2.37. The number of carbonyl (C=O) groups excluding carboxylic acids is 2. The quantitative estimate of drug-likeness (QED) is 0.0637. The number of ether oxygens (including phenoxy) is 2. The third-order valence-electron chi connectivity index (χ3n) is 10.2. The normalized spacial score (nSPS) is 18.3. The molecular weight excluding hydrogens is 776 g/mol. The standard InChI is InChI=1S/C22H21N3O4.C13H17NO2.C9H5ClN2O2/c1-2-29-22(26)19-12-16(15-8-4-3-5-9-15)14-24(19)21-18-11-7-6-10-17(18)20(13-23-21)25(27)28;1-2-16-13(15)12-8-11(9-14-12)10-6-4-3-5-7-10;10-9-7-4-2-1-3-6(7)8(5-11-9)12(13)14/h3-11,13,16,19H,2,12,14H2,1H3;3-7,11-12,14H,2,8-9H2,1H3;1-5H/t16-,19+;11-,12+;/m11./s1. The number of benzene rings is 4. The van der Waals surface area contributed by atoms with Gasteiger partial charge in [-0.05, 0) is 55.9 Å². The number of nitrogens with one attached hydrogen (secondary N) is 1. The van der Waals surface area contributed by atoms with E-state index in [-0.39, 0.29) is 40.4 Å². The van der Waals surface area contributed by atoms with Crippen LogP contribution in [0.3, 0.4) is 0 Å². The van der Waals surface area contributed by atoms with E-state index < -0.39 is 15.9 Å². The van der Waals surface area contributed by atoms with Crippen LogP contribution in [0.15, 0.2) is 122 Å². The number of nitro groups is 2. The number of hydrogen-bond acceptors (Lipinski definition) is 12. The van der Waals surface area contributed by atoms with Gasteiger partial charge in [-0.2, -0.15) is 0 Å². The van der Waals surface area contributed by atoms with Crippen molar-refractivity contribution in [2.45, 2.75) is 50.6 Å². The summed E-state index contributed by atoms with van der Waals surface area (Å²) in [4.78, 5) is 55.5. The minimum atomic E-state index is -0.488. The molecule has 6 aromatic rings. The van der Waals surface area contributed by atoms with Crippen molar-refractivity contribution >= 4 is 62.3 Å². The van der Waals surface area contributed by atoms with E-state index in [0.29, 0.717) is 59.5 Å². The Morgan fingerprint density at radius 1 is 0.695 bits per heavy atom. The van der Waals surface area contributed by atoms with Gasteiger partial charge in [0.05, 0.1) is 33.8 Å². The van der Waals surface area contributed by atoms with Gasteiger partial charge in [0.15, 0.2) is 0 Å². The van der Waals surface area contributed by atoms with Crippen LogP contribution in [0, 0.1) is 20.2 Å². The van der Waals surface area contributed by atoms with Crippen molar-refractivity contribution in [3.05, 3.63) is 158 Å². The maximum atomic E-state index is 12.7. The molecule has 2 aliphatic heterocycles. The maximum absolute atomic E-state index is 12.7. The molecule has 0 radical (unpaired) electrons. The number of aromatic nitrogens is 2. The first-order valence-corrected chi connectivity index (χ1v) is 19.6. The van der Waals surface area contributed by atoms with Gasteiger partial charge >= 0.3 is 11.9 Å². The lowest BCUT2D eigenvalue weighted by molar-refractivity contribution is -0.383. The van der Waals surface area contributed by atoms with Crippen molar-refractivity contribution in [1.29, 1.82) is 0 Å². The second-order valence-electron chi connectivity index (χ2n) is 13.8. The van der Waals surface area contributed by atoms with Gasteiger partial charge in [-0.3, -0.25) is 25.0 Å². The number of fused-ring (bicyclic) bond motifs is 2. The van der Waals surface area contributed by atoms with E-state index in [2.05, 4.69) is 39.6 Å². The Bertz CT molecular complexity index is 2420. The van der Waals surface area contributed by atoms with E-state index in [9.17, 15) is 29.8 Å². The van der Waals surface area contributed by atoms with Crippen LogP contribution >= 0.6 is 11.6 Å². The number of halogens is 1. The Kier molecular flexibility index (Phi) is 14.1. The van der Waals surface area contributed by atoms with Crippen LogP contribution in [0.5, 0.6) is 0 Å². The van der Waals surface area contributed by atoms with E-state index in [4.69, 9.17) is 21.1 Å². The first-order valence-electron chi connectivity index (χ1n) is 19.2. The third kappa shape index (κ3) is 9.97. The minimum Gasteiger partial charge on any atom is -0.465 e. The molecule has 2 saturated heterocycles. The largest absolute Gasteiger partial charge is 0.465 e. The smallest absolute Gasteiger partial charge is 0.328 e. The van der Waals surface area contributed by atoms with Crippen LogP contribution in [0.1, 0.15) is 49.7 Å². The van der Waals surface area contributed by atoms with Crippen LogP contribution in [-0.2, 0) is 19.1 Å². The van der Waals surface area contributed by atoms with Crippen molar-refractivity contribution in [2.24, 2.45) is 0 Å². The maximum Gasteiger partial charge on any atom is 0.328 e. The molecule has 59 heavy (non-hydrogen) atoms. The number of pyridine rings is 2. The first kappa shape index (κ1) is 42.1. The summed E-state index contributed by atoms with van der Waals surface area (Å²) in [6.45, 7) is 5.81. The lowest BCUT2D eigenvalue weighted by Crippen LogP contribution is -2.38. The second-order valence-corrected chi connectivity index (χ2v) is 14.2. The Hall–Kier alpha value is -6.51. The van der Waals surface area contributed by atoms with Crippen LogP contribution in [-0.4, -0.2) is 70.1 Å². The highest BCUT2D eigenvalue weighted by molar-refractivity contribution is 6.34. The highest BCUT2D eigenvalue weighted by atomic mass is 35.5. The number of carbonyl (C=O) groups is 2. The first-order chi connectivity index (χ1) is 28.6. The minimum absolute atomic E-state index is 0.0231. The topological polar surface area (TPSA) is 180 Å². The average Bonchev–Trinajstić information content (AvgIpc) is 3.94. The molecule has 0 saturated carbocycles. The average molecular weight is 819 g/mol. The van der Waals surface area contributed by atoms with Crippen LogP contribution in [0.2, 0.25) is 5.15 Å². The fourth-order valence-electron chi connectivity index (χ4n) is 7.46. The summed E-state index contributed by atoms with van der Waals surface area (Å²) in [7, 11) is 0. The second kappa shape index (κ2) is 19.8. The van der Waals surface area contributed by atoms with Gasteiger partial charge in [0.1, 0.15) is 35.4 Å². The molecule has 0 amide bonds. The van der Waals surface area contributed by atoms with Gasteiger partial charge in [0, 0.05) is 29.8 Å². The molecule has 304 valence electrons. The number of nitrogens with zero attached hydrogens (tertiary/aromatic N) is 5. The summed E-state index contributed by atoms with van der Waals surface area (Å²) in [5.74, 6) is 0.718.